The molecular formula is C19H29N5OS. The lowest BCUT2D eigenvalue weighted by Crippen LogP contribution is -2.43. The van der Waals surface area contributed by atoms with E-state index in [1.54, 1.807) is 11.3 Å². The summed E-state index contributed by atoms with van der Waals surface area (Å²) in [7, 11) is 1.81. The Morgan fingerprint density at radius 1 is 1.31 bits per heavy atom. The molecule has 26 heavy (non-hydrogen) atoms. The average molecular weight is 376 g/mol. The van der Waals surface area contributed by atoms with Crippen LogP contribution in [0.1, 0.15) is 40.3 Å². The molecule has 1 aliphatic heterocycles. The van der Waals surface area contributed by atoms with Gasteiger partial charge in [-0.25, -0.2) is 4.98 Å². The van der Waals surface area contributed by atoms with Crippen molar-refractivity contribution < 1.29 is 4.42 Å². The fraction of sp³-hybridized carbons (Fsp3) is 0.579. The molecule has 142 valence electrons. The Labute approximate surface area is 159 Å². The van der Waals surface area contributed by atoms with Crippen LogP contribution in [0.2, 0.25) is 0 Å². The first-order valence-corrected chi connectivity index (χ1v) is 10.1. The van der Waals surface area contributed by atoms with Gasteiger partial charge in [-0.3, -0.25) is 9.89 Å². The van der Waals surface area contributed by atoms with E-state index in [2.05, 4.69) is 38.5 Å². The maximum absolute atomic E-state index is 5.92. The Morgan fingerprint density at radius 3 is 2.73 bits per heavy atom. The van der Waals surface area contributed by atoms with E-state index < -0.39 is 0 Å². The number of furan rings is 1. The highest BCUT2D eigenvalue weighted by atomic mass is 32.1. The molecule has 0 aromatic carbocycles. The van der Waals surface area contributed by atoms with Gasteiger partial charge in [0.1, 0.15) is 11.5 Å². The largest absolute Gasteiger partial charge is 0.465 e. The summed E-state index contributed by atoms with van der Waals surface area (Å²) >= 11 is 1.75. The Morgan fingerprint density at radius 2 is 2.12 bits per heavy atom. The molecule has 2 aromatic heterocycles. The van der Waals surface area contributed by atoms with Crippen molar-refractivity contribution in [2.24, 2.45) is 4.99 Å². The fourth-order valence-corrected chi connectivity index (χ4v) is 4.10. The summed E-state index contributed by atoms with van der Waals surface area (Å²) in [6, 6.07) is 4.38. The van der Waals surface area contributed by atoms with Gasteiger partial charge >= 0.3 is 0 Å². The molecule has 1 aliphatic rings. The predicted molar refractivity (Wildman–Crippen MR) is 107 cm³/mol. The number of aromatic nitrogens is 1. The summed E-state index contributed by atoms with van der Waals surface area (Å²) in [5, 5.41) is 8.01. The average Bonchev–Trinajstić information content (AvgIpc) is 3.37. The molecule has 1 saturated heterocycles. The van der Waals surface area contributed by atoms with E-state index in [0.29, 0.717) is 0 Å². The second-order valence-electron chi connectivity index (χ2n) is 6.70. The first-order chi connectivity index (χ1) is 12.7. The van der Waals surface area contributed by atoms with Crippen LogP contribution >= 0.6 is 11.3 Å². The standard InChI is InChI=1S/C19H29N5OS/c1-14-6-7-17(25-14)16(24-10-4-5-11-24)13-23-19(20-3)21-9-8-18-22-12-15(2)26-18/h6-7,12,16H,4-5,8-11,13H2,1-3H3,(H2,20,21,23). The van der Waals surface area contributed by atoms with Crippen LogP contribution < -0.4 is 10.6 Å². The van der Waals surface area contributed by atoms with Crippen molar-refractivity contribution in [3.8, 4) is 0 Å². The number of nitrogens with one attached hydrogen (secondary N) is 2. The summed E-state index contributed by atoms with van der Waals surface area (Å²) in [5.74, 6) is 2.82. The summed E-state index contributed by atoms with van der Waals surface area (Å²) in [4.78, 5) is 12.5. The number of aryl methyl sites for hydroxylation is 2. The quantitative estimate of drug-likeness (QED) is 0.575. The zero-order chi connectivity index (χ0) is 18.4. The maximum atomic E-state index is 5.92. The number of hydrogen-bond donors (Lipinski definition) is 2. The molecular weight excluding hydrogens is 346 g/mol. The van der Waals surface area contributed by atoms with E-state index >= 15 is 0 Å². The van der Waals surface area contributed by atoms with Crippen LogP contribution in [-0.4, -0.2) is 49.1 Å². The molecule has 3 heterocycles. The fourth-order valence-electron chi connectivity index (χ4n) is 3.31. The Balaban J connectivity index is 1.52. The van der Waals surface area contributed by atoms with Crippen LogP contribution in [0.25, 0.3) is 0 Å². The van der Waals surface area contributed by atoms with E-state index in [0.717, 1.165) is 55.1 Å². The van der Waals surface area contributed by atoms with Crippen LogP contribution in [0, 0.1) is 13.8 Å². The van der Waals surface area contributed by atoms with Crippen LogP contribution in [0.4, 0.5) is 0 Å². The van der Waals surface area contributed by atoms with Crippen LogP contribution in [0.3, 0.4) is 0 Å². The molecule has 0 spiro atoms. The lowest BCUT2D eigenvalue weighted by Gasteiger charge is -2.26. The Kier molecular flexibility index (Phi) is 6.68. The molecule has 0 radical (unpaired) electrons. The summed E-state index contributed by atoms with van der Waals surface area (Å²) in [6.07, 6.45) is 5.36. The summed E-state index contributed by atoms with van der Waals surface area (Å²) in [5.41, 5.74) is 0. The SMILES string of the molecule is CN=C(NCCc1ncc(C)s1)NCC(c1ccc(C)o1)N1CCCC1. The molecule has 2 aromatic rings. The number of rotatable bonds is 7. The molecule has 0 amide bonds. The van der Waals surface area contributed by atoms with Crippen LogP contribution in [0.5, 0.6) is 0 Å². The molecule has 3 rings (SSSR count). The van der Waals surface area contributed by atoms with Crippen molar-refractivity contribution >= 4 is 17.3 Å². The minimum absolute atomic E-state index is 0.242. The molecule has 1 fully saturated rings. The third-order valence-electron chi connectivity index (χ3n) is 4.66. The van der Waals surface area contributed by atoms with Gasteiger partial charge in [0, 0.05) is 37.6 Å². The van der Waals surface area contributed by atoms with Crippen molar-refractivity contribution in [3.05, 3.63) is 39.7 Å². The van der Waals surface area contributed by atoms with Crippen molar-refractivity contribution in [1.29, 1.82) is 0 Å². The second kappa shape index (κ2) is 9.19. The lowest BCUT2D eigenvalue weighted by molar-refractivity contribution is 0.213. The van der Waals surface area contributed by atoms with E-state index in [1.807, 2.05) is 26.2 Å². The first-order valence-electron chi connectivity index (χ1n) is 9.32. The van der Waals surface area contributed by atoms with E-state index in [9.17, 15) is 0 Å². The van der Waals surface area contributed by atoms with Gasteiger partial charge in [-0.2, -0.15) is 0 Å². The molecule has 1 unspecified atom stereocenters. The van der Waals surface area contributed by atoms with Crippen molar-refractivity contribution in [2.75, 3.05) is 33.2 Å². The van der Waals surface area contributed by atoms with E-state index in [4.69, 9.17) is 4.42 Å². The highest BCUT2D eigenvalue weighted by Crippen LogP contribution is 2.26. The zero-order valence-electron chi connectivity index (χ0n) is 15.9. The molecule has 6 nitrogen and oxygen atoms in total. The third kappa shape index (κ3) is 5.08. The van der Waals surface area contributed by atoms with Gasteiger partial charge in [-0.1, -0.05) is 0 Å². The van der Waals surface area contributed by atoms with Gasteiger partial charge in [-0.15, -0.1) is 11.3 Å². The minimum Gasteiger partial charge on any atom is -0.465 e. The third-order valence-corrected chi connectivity index (χ3v) is 5.63. The second-order valence-corrected chi connectivity index (χ2v) is 8.02. The van der Waals surface area contributed by atoms with Gasteiger partial charge in [0.25, 0.3) is 0 Å². The summed E-state index contributed by atoms with van der Waals surface area (Å²) < 4.78 is 5.92. The Bertz CT molecular complexity index is 717. The lowest BCUT2D eigenvalue weighted by atomic mass is 10.2. The van der Waals surface area contributed by atoms with Gasteiger partial charge in [0.2, 0.25) is 0 Å². The predicted octanol–water partition coefficient (Wildman–Crippen LogP) is 2.90. The highest BCUT2D eigenvalue weighted by Gasteiger charge is 2.26. The van der Waals surface area contributed by atoms with Gasteiger partial charge in [0.15, 0.2) is 5.96 Å². The molecule has 0 bridgehead atoms. The zero-order valence-corrected chi connectivity index (χ0v) is 16.7. The number of nitrogens with zero attached hydrogens (tertiary/aromatic N) is 3. The number of aliphatic imine (C=N–C) groups is 1. The molecule has 0 saturated carbocycles. The number of hydrogen-bond acceptors (Lipinski definition) is 5. The highest BCUT2D eigenvalue weighted by molar-refractivity contribution is 7.11. The van der Waals surface area contributed by atoms with Gasteiger partial charge in [0.05, 0.1) is 11.0 Å². The van der Waals surface area contributed by atoms with Gasteiger partial charge < -0.3 is 15.1 Å². The molecule has 7 heteroatoms. The van der Waals surface area contributed by atoms with Gasteiger partial charge in [-0.05, 0) is 51.9 Å². The molecule has 0 aliphatic carbocycles. The van der Waals surface area contributed by atoms with Crippen molar-refractivity contribution in [1.82, 2.24) is 20.5 Å². The van der Waals surface area contributed by atoms with E-state index in [1.165, 1.54) is 17.7 Å². The smallest absolute Gasteiger partial charge is 0.191 e. The van der Waals surface area contributed by atoms with Crippen LogP contribution in [0.15, 0.2) is 27.7 Å². The van der Waals surface area contributed by atoms with Crippen molar-refractivity contribution in [3.63, 3.8) is 0 Å². The molecule has 1 atom stereocenters. The minimum atomic E-state index is 0.242. The summed E-state index contributed by atoms with van der Waals surface area (Å²) in [6.45, 7) is 7.94. The topological polar surface area (TPSA) is 65.7 Å². The maximum Gasteiger partial charge on any atom is 0.191 e. The van der Waals surface area contributed by atoms with Crippen LogP contribution in [-0.2, 0) is 6.42 Å². The Hall–Kier alpha value is -1.86. The normalized spacial score (nSPS) is 16.8. The number of guanidine groups is 1. The first kappa shape index (κ1) is 18.9. The molecule has 2 N–H and O–H groups in total. The monoisotopic (exact) mass is 375 g/mol. The number of likely N-dealkylation sites (tertiary alicyclic amines) is 1. The number of thiazole rings is 1. The van der Waals surface area contributed by atoms with Crippen molar-refractivity contribution in [2.45, 2.75) is 39.2 Å². The van der Waals surface area contributed by atoms with E-state index in [-0.39, 0.29) is 6.04 Å².